The quantitative estimate of drug-likeness (QED) is 0.860. The average Bonchev–Trinajstić information content (AvgIpc) is 2.90. The zero-order valence-electron chi connectivity index (χ0n) is 14.1. The Hall–Kier alpha value is -1.39. The van der Waals surface area contributed by atoms with Crippen LogP contribution in [0.5, 0.6) is 0 Å². The summed E-state index contributed by atoms with van der Waals surface area (Å²) in [4.78, 5) is 4.80. The van der Waals surface area contributed by atoms with Crippen molar-refractivity contribution >= 4 is 10.9 Å². The minimum atomic E-state index is -0.167. The van der Waals surface area contributed by atoms with Crippen molar-refractivity contribution < 1.29 is 4.39 Å². The molecule has 0 spiro atoms. The molecule has 22 heavy (non-hydrogen) atoms. The van der Waals surface area contributed by atoms with Crippen molar-refractivity contribution in [3.8, 4) is 0 Å². The Balaban J connectivity index is 1.74. The molecule has 1 atom stereocenters. The summed E-state index contributed by atoms with van der Waals surface area (Å²) in [5, 5.41) is 0.984. The molecule has 0 radical (unpaired) electrons. The lowest BCUT2D eigenvalue weighted by Crippen LogP contribution is -2.35. The van der Waals surface area contributed by atoms with Gasteiger partial charge in [0, 0.05) is 43.3 Å². The van der Waals surface area contributed by atoms with Crippen LogP contribution in [0.2, 0.25) is 0 Å². The number of hydrogen-bond acceptors (Lipinski definition) is 2. The molecule has 1 aromatic carbocycles. The lowest BCUT2D eigenvalue weighted by Gasteiger charge is -2.30. The highest BCUT2D eigenvalue weighted by Gasteiger charge is 2.32. The van der Waals surface area contributed by atoms with E-state index < -0.39 is 0 Å². The van der Waals surface area contributed by atoms with Crippen LogP contribution in [-0.2, 0) is 13.6 Å². The molecular formula is C18H26FN3. The van der Waals surface area contributed by atoms with E-state index in [1.807, 2.05) is 6.07 Å². The molecule has 0 amide bonds. The molecule has 2 heterocycles. The van der Waals surface area contributed by atoms with Gasteiger partial charge in [-0.2, -0.15) is 0 Å². The predicted octanol–water partition coefficient (Wildman–Crippen LogP) is 3.09. The van der Waals surface area contributed by atoms with E-state index in [0.717, 1.165) is 30.5 Å². The fraction of sp³-hybridized carbons (Fsp3) is 0.556. The van der Waals surface area contributed by atoms with Gasteiger partial charge in [-0.1, -0.05) is 6.92 Å². The van der Waals surface area contributed by atoms with Gasteiger partial charge in [0.15, 0.2) is 0 Å². The standard InChI is InChI=1S/C18H26FN3/c1-18(7-8-20(2)12-18)13-21(3)11-16-10-14-9-15(19)5-6-17(14)22(16)4/h5-6,9-10H,7-8,11-13H2,1-4H3/t18-/m1/s1. The van der Waals surface area contributed by atoms with Gasteiger partial charge in [-0.3, -0.25) is 0 Å². The predicted molar refractivity (Wildman–Crippen MR) is 89.4 cm³/mol. The molecule has 3 nitrogen and oxygen atoms in total. The van der Waals surface area contributed by atoms with E-state index in [2.05, 4.69) is 48.5 Å². The Labute approximate surface area is 132 Å². The van der Waals surface area contributed by atoms with E-state index in [0.29, 0.717) is 5.41 Å². The van der Waals surface area contributed by atoms with Crippen molar-refractivity contribution in [2.75, 3.05) is 33.7 Å². The smallest absolute Gasteiger partial charge is 0.123 e. The van der Waals surface area contributed by atoms with Gasteiger partial charge in [-0.25, -0.2) is 4.39 Å². The van der Waals surface area contributed by atoms with Crippen LogP contribution >= 0.6 is 0 Å². The topological polar surface area (TPSA) is 11.4 Å². The minimum absolute atomic E-state index is 0.167. The summed E-state index contributed by atoms with van der Waals surface area (Å²) < 4.78 is 15.5. The molecule has 1 fully saturated rings. The lowest BCUT2D eigenvalue weighted by atomic mass is 9.89. The zero-order chi connectivity index (χ0) is 15.9. The molecule has 1 saturated heterocycles. The van der Waals surface area contributed by atoms with Crippen molar-refractivity contribution in [3.63, 3.8) is 0 Å². The number of aryl methyl sites for hydroxylation is 1. The number of benzene rings is 1. The summed E-state index contributed by atoms with van der Waals surface area (Å²) in [7, 11) is 6.44. The Morgan fingerprint density at radius 2 is 2.05 bits per heavy atom. The molecule has 120 valence electrons. The van der Waals surface area contributed by atoms with Gasteiger partial charge in [0.2, 0.25) is 0 Å². The summed E-state index contributed by atoms with van der Waals surface area (Å²) in [5.74, 6) is -0.167. The molecule has 3 rings (SSSR count). The highest BCUT2D eigenvalue weighted by Crippen LogP contribution is 2.30. The first-order chi connectivity index (χ1) is 10.4. The molecule has 1 aliphatic heterocycles. The molecule has 4 heteroatoms. The largest absolute Gasteiger partial charge is 0.346 e. The normalized spacial score (nSPS) is 23.0. The Morgan fingerprint density at radius 1 is 1.27 bits per heavy atom. The highest BCUT2D eigenvalue weighted by atomic mass is 19.1. The van der Waals surface area contributed by atoms with Crippen molar-refractivity contribution in [2.45, 2.75) is 19.9 Å². The van der Waals surface area contributed by atoms with Gasteiger partial charge in [-0.05, 0) is 56.7 Å². The van der Waals surface area contributed by atoms with Crippen molar-refractivity contribution in [2.24, 2.45) is 12.5 Å². The third-order valence-corrected chi connectivity index (χ3v) is 4.94. The zero-order valence-corrected chi connectivity index (χ0v) is 14.1. The van der Waals surface area contributed by atoms with Crippen LogP contribution in [0.15, 0.2) is 24.3 Å². The van der Waals surface area contributed by atoms with E-state index in [4.69, 9.17) is 0 Å². The van der Waals surface area contributed by atoms with Crippen LogP contribution in [0.25, 0.3) is 10.9 Å². The van der Waals surface area contributed by atoms with Gasteiger partial charge in [0.05, 0.1) is 0 Å². The second-order valence-electron chi connectivity index (χ2n) is 7.37. The fourth-order valence-electron chi connectivity index (χ4n) is 3.91. The third-order valence-electron chi connectivity index (χ3n) is 4.94. The maximum atomic E-state index is 13.4. The first-order valence-electron chi connectivity index (χ1n) is 7.97. The van der Waals surface area contributed by atoms with Crippen LogP contribution in [0.1, 0.15) is 19.0 Å². The van der Waals surface area contributed by atoms with E-state index >= 15 is 0 Å². The fourth-order valence-corrected chi connectivity index (χ4v) is 3.91. The summed E-state index contributed by atoms with van der Waals surface area (Å²) in [6.45, 7) is 6.72. The van der Waals surface area contributed by atoms with E-state index in [1.165, 1.54) is 24.7 Å². The monoisotopic (exact) mass is 303 g/mol. The molecule has 0 unspecified atom stereocenters. The van der Waals surface area contributed by atoms with Gasteiger partial charge in [-0.15, -0.1) is 0 Å². The number of fused-ring (bicyclic) bond motifs is 1. The molecule has 0 aliphatic carbocycles. The van der Waals surface area contributed by atoms with Gasteiger partial charge < -0.3 is 14.4 Å². The Morgan fingerprint density at radius 3 is 2.73 bits per heavy atom. The summed E-state index contributed by atoms with van der Waals surface area (Å²) in [6, 6.07) is 7.12. The highest BCUT2D eigenvalue weighted by molar-refractivity contribution is 5.81. The van der Waals surface area contributed by atoms with Gasteiger partial charge in [0.25, 0.3) is 0 Å². The van der Waals surface area contributed by atoms with Crippen LogP contribution in [0.3, 0.4) is 0 Å². The third kappa shape index (κ3) is 3.03. The van der Waals surface area contributed by atoms with Gasteiger partial charge >= 0.3 is 0 Å². The van der Waals surface area contributed by atoms with E-state index in [-0.39, 0.29) is 5.82 Å². The van der Waals surface area contributed by atoms with Crippen LogP contribution in [0, 0.1) is 11.2 Å². The maximum absolute atomic E-state index is 13.4. The molecule has 1 aromatic heterocycles. The van der Waals surface area contributed by atoms with Crippen LogP contribution in [-0.4, -0.2) is 48.1 Å². The maximum Gasteiger partial charge on any atom is 0.123 e. The van der Waals surface area contributed by atoms with Crippen LogP contribution < -0.4 is 0 Å². The summed E-state index contributed by atoms with van der Waals surface area (Å²) in [6.07, 6.45) is 1.26. The van der Waals surface area contributed by atoms with Gasteiger partial charge in [0.1, 0.15) is 5.82 Å². The first-order valence-corrected chi connectivity index (χ1v) is 7.97. The first kappa shape index (κ1) is 15.5. The number of nitrogens with zero attached hydrogens (tertiary/aromatic N) is 3. The molecule has 0 bridgehead atoms. The van der Waals surface area contributed by atoms with E-state index in [9.17, 15) is 4.39 Å². The second-order valence-corrected chi connectivity index (χ2v) is 7.37. The summed E-state index contributed by atoms with van der Waals surface area (Å²) >= 11 is 0. The molecule has 0 N–H and O–H groups in total. The minimum Gasteiger partial charge on any atom is -0.346 e. The number of halogens is 1. The molecular weight excluding hydrogens is 277 g/mol. The Kier molecular flexibility index (Phi) is 4.00. The van der Waals surface area contributed by atoms with E-state index in [1.54, 1.807) is 6.07 Å². The average molecular weight is 303 g/mol. The Bertz CT molecular complexity index is 678. The second kappa shape index (κ2) is 5.67. The number of hydrogen-bond donors (Lipinski definition) is 0. The van der Waals surface area contributed by atoms with Crippen molar-refractivity contribution in [1.82, 2.24) is 14.4 Å². The van der Waals surface area contributed by atoms with Crippen molar-refractivity contribution in [3.05, 3.63) is 35.8 Å². The lowest BCUT2D eigenvalue weighted by molar-refractivity contribution is 0.188. The SMILES string of the molecule is CN1CC[C@@](C)(CN(C)Cc2cc3cc(F)ccc3n2C)C1. The number of rotatable bonds is 4. The molecule has 1 aliphatic rings. The molecule has 2 aromatic rings. The molecule has 0 saturated carbocycles. The number of aromatic nitrogens is 1. The van der Waals surface area contributed by atoms with Crippen molar-refractivity contribution in [1.29, 1.82) is 0 Å². The van der Waals surface area contributed by atoms with Crippen LogP contribution in [0.4, 0.5) is 4.39 Å². The summed E-state index contributed by atoms with van der Waals surface area (Å²) in [5.41, 5.74) is 2.70. The number of likely N-dealkylation sites (tertiary alicyclic amines) is 1.